The van der Waals surface area contributed by atoms with Gasteiger partial charge in [0.15, 0.2) is 0 Å². The van der Waals surface area contributed by atoms with Crippen LogP contribution in [0.2, 0.25) is 0 Å². The highest BCUT2D eigenvalue weighted by atomic mass is 35.5. The summed E-state index contributed by atoms with van der Waals surface area (Å²) < 4.78 is 0. The number of rotatable bonds is 6. The minimum absolute atomic E-state index is 0. The number of hydrogen-bond donors (Lipinski definition) is 2. The van der Waals surface area contributed by atoms with E-state index in [0.717, 1.165) is 17.1 Å². The number of aromatic nitrogens is 1. The highest BCUT2D eigenvalue weighted by Gasteiger charge is 2.41. The monoisotopic (exact) mass is 339 g/mol. The van der Waals surface area contributed by atoms with Crippen LogP contribution in [0.15, 0.2) is 5.38 Å². The summed E-state index contributed by atoms with van der Waals surface area (Å²) in [6, 6.07) is 0. The van der Waals surface area contributed by atoms with E-state index in [1.807, 2.05) is 12.3 Å². The first-order valence-corrected chi connectivity index (χ1v) is 7.39. The summed E-state index contributed by atoms with van der Waals surface area (Å²) in [6.45, 7) is 4.61. The van der Waals surface area contributed by atoms with Crippen molar-refractivity contribution in [3.05, 3.63) is 16.1 Å². The van der Waals surface area contributed by atoms with Crippen molar-refractivity contribution in [1.29, 1.82) is 0 Å². The van der Waals surface area contributed by atoms with E-state index in [0.29, 0.717) is 18.9 Å². The number of carbonyl (C=O) groups is 1. The largest absolute Gasteiger partial charge is 0.349 e. The molecule has 7 heteroatoms. The molecule has 0 saturated heterocycles. The normalized spacial score (nSPS) is 16.6. The molecule has 1 aliphatic carbocycles. The molecule has 20 heavy (non-hydrogen) atoms. The number of carbonyl (C=O) groups excluding carboxylic acids is 1. The second-order valence-electron chi connectivity index (χ2n) is 5.21. The van der Waals surface area contributed by atoms with Crippen LogP contribution in [-0.4, -0.2) is 23.0 Å². The molecule has 1 aliphatic rings. The van der Waals surface area contributed by atoms with Crippen molar-refractivity contribution in [3.63, 3.8) is 0 Å². The number of halogens is 2. The summed E-state index contributed by atoms with van der Waals surface area (Å²) in [5.41, 5.74) is 6.42. The van der Waals surface area contributed by atoms with Crippen molar-refractivity contribution >= 4 is 42.1 Å². The minimum atomic E-state index is -0.235. The molecule has 0 aromatic carbocycles. The van der Waals surface area contributed by atoms with Crippen molar-refractivity contribution < 1.29 is 4.79 Å². The van der Waals surface area contributed by atoms with Gasteiger partial charge in [-0.1, -0.05) is 6.92 Å². The number of nitrogens with zero attached hydrogens (tertiary/aromatic N) is 1. The van der Waals surface area contributed by atoms with Crippen molar-refractivity contribution in [1.82, 2.24) is 10.3 Å². The quantitative estimate of drug-likeness (QED) is 0.835. The highest BCUT2D eigenvalue weighted by molar-refractivity contribution is 7.09. The standard InChI is InChI=1S/C13H21N3OS.2ClH/c1-3-12-15-10(7-18-12)6-11(17)16-13(2,8-14)9-4-5-9;;/h7,9H,3-6,8,14H2,1-2H3,(H,16,17);2*1H. The second-order valence-corrected chi connectivity index (χ2v) is 6.15. The topological polar surface area (TPSA) is 68.0 Å². The van der Waals surface area contributed by atoms with Gasteiger partial charge in [0.1, 0.15) is 0 Å². The Labute approximate surface area is 136 Å². The number of thiazole rings is 1. The van der Waals surface area contributed by atoms with Crippen LogP contribution in [0, 0.1) is 5.92 Å². The van der Waals surface area contributed by atoms with Gasteiger partial charge in [-0.05, 0) is 32.1 Å². The molecule has 0 spiro atoms. The minimum Gasteiger partial charge on any atom is -0.349 e. The molecular formula is C13H23Cl2N3OS. The summed E-state index contributed by atoms with van der Waals surface area (Å²) in [5.74, 6) is 0.580. The van der Waals surface area contributed by atoms with E-state index in [2.05, 4.69) is 17.2 Å². The van der Waals surface area contributed by atoms with Crippen LogP contribution in [-0.2, 0) is 17.6 Å². The molecule has 1 saturated carbocycles. The van der Waals surface area contributed by atoms with Crippen LogP contribution in [0.1, 0.15) is 37.4 Å². The molecule has 1 amide bonds. The molecule has 1 fully saturated rings. The van der Waals surface area contributed by atoms with Crippen molar-refractivity contribution in [2.45, 2.75) is 45.1 Å². The van der Waals surface area contributed by atoms with E-state index in [4.69, 9.17) is 5.73 Å². The summed E-state index contributed by atoms with van der Waals surface area (Å²) in [5, 5.41) is 6.13. The van der Waals surface area contributed by atoms with E-state index in [-0.39, 0.29) is 36.3 Å². The first kappa shape index (κ1) is 19.6. The lowest BCUT2D eigenvalue weighted by Crippen LogP contribution is -2.53. The fraction of sp³-hybridized carbons (Fsp3) is 0.692. The molecule has 2 rings (SSSR count). The Hall–Kier alpha value is -0.360. The highest BCUT2D eigenvalue weighted by Crippen LogP contribution is 2.38. The second kappa shape index (κ2) is 8.17. The van der Waals surface area contributed by atoms with Crippen LogP contribution < -0.4 is 11.1 Å². The Kier molecular flexibility index (Phi) is 8.03. The van der Waals surface area contributed by atoms with E-state index < -0.39 is 0 Å². The lowest BCUT2D eigenvalue weighted by molar-refractivity contribution is -0.122. The van der Waals surface area contributed by atoms with Gasteiger partial charge in [0.05, 0.1) is 22.7 Å². The van der Waals surface area contributed by atoms with E-state index in [1.165, 1.54) is 12.8 Å². The molecule has 1 unspecified atom stereocenters. The van der Waals surface area contributed by atoms with Crippen LogP contribution in [0.5, 0.6) is 0 Å². The van der Waals surface area contributed by atoms with Crippen LogP contribution in [0.3, 0.4) is 0 Å². The maximum Gasteiger partial charge on any atom is 0.226 e. The molecule has 1 aromatic heterocycles. The first-order chi connectivity index (χ1) is 8.57. The number of aryl methyl sites for hydroxylation is 1. The molecule has 0 aliphatic heterocycles. The molecule has 0 radical (unpaired) electrons. The maximum absolute atomic E-state index is 12.0. The van der Waals surface area contributed by atoms with Gasteiger partial charge in [0.25, 0.3) is 0 Å². The summed E-state index contributed by atoms with van der Waals surface area (Å²) in [6.07, 6.45) is 3.63. The van der Waals surface area contributed by atoms with Gasteiger partial charge < -0.3 is 11.1 Å². The smallest absolute Gasteiger partial charge is 0.226 e. The molecule has 3 N–H and O–H groups in total. The first-order valence-electron chi connectivity index (χ1n) is 6.51. The Morgan fingerprint density at radius 3 is 2.65 bits per heavy atom. The van der Waals surface area contributed by atoms with E-state index >= 15 is 0 Å². The van der Waals surface area contributed by atoms with Crippen LogP contribution in [0.25, 0.3) is 0 Å². The van der Waals surface area contributed by atoms with Gasteiger partial charge >= 0.3 is 0 Å². The molecule has 4 nitrogen and oxygen atoms in total. The van der Waals surface area contributed by atoms with Gasteiger partial charge in [0.2, 0.25) is 5.91 Å². The molecule has 116 valence electrons. The Balaban J connectivity index is 0.00000180. The lowest BCUT2D eigenvalue weighted by atomic mass is 9.95. The molecule has 0 bridgehead atoms. The van der Waals surface area contributed by atoms with Gasteiger partial charge in [-0.2, -0.15) is 0 Å². The van der Waals surface area contributed by atoms with Crippen molar-refractivity contribution in [2.24, 2.45) is 11.7 Å². The molecular weight excluding hydrogens is 317 g/mol. The number of nitrogens with one attached hydrogen (secondary N) is 1. The third-order valence-corrected chi connectivity index (χ3v) is 4.61. The SMILES string of the molecule is CCc1nc(CC(=O)NC(C)(CN)C2CC2)cs1.Cl.Cl. The van der Waals surface area contributed by atoms with Gasteiger partial charge in [0, 0.05) is 11.9 Å². The fourth-order valence-electron chi connectivity index (χ4n) is 2.16. The zero-order chi connectivity index (χ0) is 13.2. The summed E-state index contributed by atoms with van der Waals surface area (Å²) in [7, 11) is 0. The number of hydrogen-bond acceptors (Lipinski definition) is 4. The van der Waals surface area contributed by atoms with Gasteiger partial charge in [-0.15, -0.1) is 36.2 Å². The van der Waals surface area contributed by atoms with E-state index in [1.54, 1.807) is 11.3 Å². The maximum atomic E-state index is 12.0. The van der Waals surface area contributed by atoms with Crippen LogP contribution >= 0.6 is 36.2 Å². The lowest BCUT2D eigenvalue weighted by Gasteiger charge is -2.29. The zero-order valence-electron chi connectivity index (χ0n) is 11.8. The fourth-order valence-corrected chi connectivity index (χ4v) is 2.90. The van der Waals surface area contributed by atoms with Crippen LogP contribution in [0.4, 0.5) is 0 Å². The molecule has 1 atom stereocenters. The van der Waals surface area contributed by atoms with Crippen molar-refractivity contribution in [2.75, 3.05) is 6.54 Å². The number of nitrogens with two attached hydrogens (primary N) is 1. The Morgan fingerprint density at radius 1 is 1.55 bits per heavy atom. The molecule has 1 aromatic rings. The molecule has 1 heterocycles. The summed E-state index contributed by atoms with van der Waals surface area (Å²) in [4.78, 5) is 16.4. The van der Waals surface area contributed by atoms with E-state index in [9.17, 15) is 4.79 Å². The average Bonchev–Trinajstić information content (AvgIpc) is 3.11. The zero-order valence-corrected chi connectivity index (χ0v) is 14.3. The van der Waals surface area contributed by atoms with Gasteiger partial charge in [-0.25, -0.2) is 4.98 Å². The summed E-state index contributed by atoms with van der Waals surface area (Å²) >= 11 is 1.62. The average molecular weight is 340 g/mol. The van der Waals surface area contributed by atoms with Gasteiger partial charge in [-0.3, -0.25) is 4.79 Å². The third kappa shape index (κ3) is 4.88. The Bertz CT molecular complexity index is 437. The number of amides is 1. The van der Waals surface area contributed by atoms with Crippen molar-refractivity contribution in [3.8, 4) is 0 Å². The Morgan fingerprint density at radius 2 is 2.20 bits per heavy atom. The predicted molar refractivity (Wildman–Crippen MR) is 88.0 cm³/mol. The predicted octanol–water partition coefficient (Wildman–Crippen LogP) is 2.34. The third-order valence-electron chi connectivity index (χ3n) is 3.57.